The van der Waals surface area contributed by atoms with Crippen molar-refractivity contribution in [2.45, 2.75) is 46.1 Å². The van der Waals surface area contributed by atoms with Crippen LogP contribution in [0.4, 0.5) is 0 Å². The molecule has 0 atom stereocenters. The minimum Gasteiger partial charge on any atom is -0.359 e. The Morgan fingerprint density at radius 2 is 1.64 bits per heavy atom. The monoisotopic (exact) mass is 200 g/mol. The Balaban J connectivity index is 4.26. The Labute approximate surface area is 87.6 Å². The van der Waals surface area contributed by atoms with Gasteiger partial charge >= 0.3 is 0 Å². The van der Waals surface area contributed by atoms with E-state index in [0.29, 0.717) is 6.42 Å². The molecule has 0 rings (SSSR count). The van der Waals surface area contributed by atoms with Crippen LogP contribution in [-0.4, -0.2) is 25.5 Å². The van der Waals surface area contributed by atoms with Gasteiger partial charge in [-0.2, -0.15) is 0 Å². The number of carbonyl (C=O) groups excluding carboxylic acids is 1. The quantitative estimate of drug-likeness (QED) is 0.707. The molecule has 0 aliphatic carbocycles. The van der Waals surface area contributed by atoms with Gasteiger partial charge in [0.2, 0.25) is 5.91 Å². The molecule has 0 saturated carbocycles. The summed E-state index contributed by atoms with van der Waals surface area (Å²) < 4.78 is 0. The number of carbonyl (C=O) groups is 1. The SMILES string of the molecule is CNC(=O)CC(C)(C)CC(C)(C)NC. The second-order valence-corrected chi connectivity index (χ2v) is 5.32. The van der Waals surface area contributed by atoms with Crippen LogP contribution in [0.5, 0.6) is 0 Å². The molecule has 1 amide bonds. The molecule has 3 heteroatoms. The second-order valence-electron chi connectivity index (χ2n) is 5.32. The molecule has 0 aromatic rings. The van der Waals surface area contributed by atoms with Gasteiger partial charge in [-0.15, -0.1) is 0 Å². The number of amides is 1. The Bertz CT molecular complexity index is 197. The van der Waals surface area contributed by atoms with E-state index in [-0.39, 0.29) is 16.9 Å². The van der Waals surface area contributed by atoms with Gasteiger partial charge in [0.1, 0.15) is 0 Å². The molecule has 0 aliphatic rings. The lowest BCUT2D eigenvalue weighted by atomic mass is 9.77. The van der Waals surface area contributed by atoms with Crippen LogP contribution in [0.2, 0.25) is 0 Å². The third-order valence-corrected chi connectivity index (χ3v) is 2.52. The zero-order chi connectivity index (χ0) is 11.4. The summed E-state index contributed by atoms with van der Waals surface area (Å²) in [6.45, 7) is 8.56. The lowest BCUT2D eigenvalue weighted by Crippen LogP contribution is -2.41. The molecule has 0 radical (unpaired) electrons. The van der Waals surface area contributed by atoms with Crippen LogP contribution in [0.25, 0.3) is 0 Å². The van der Waals surface area contributed by atoms with Crippen molar-refractivity contribution >= 4 is 5.91 Å². The van der Waals surface area contributed by atoms with Gasteiger partial charge in [-0.1, -0.05) is 13.8 Å². The standard InChI is InChI=1S/C11H24N2O/c1-10(2,7-9(14)12-5)8-11(3,4)13-6/h13H,7-8H2,1-6H3,(H,12,14). The van der Waals surface area contributed by atoms with Gasteiger partial charge in [0, 0.05) is 19.0 Å². The van der Waals surface area contributed by atoms with Crippen molar-refractivity contribution in [3.05, 3.63) is 0 Å². The Morgan fingerprint density at radius 1 is 1.14 bits per heavy atom. The molecule has 0 aromatic heterocycles. The lowest BCUT2D eigenvalue weighted by molar-refractivity contribution is -0.122. The van der Waals surface area contributed by atoms with Crippen molar-refractivity contribution in [3.8, 4) is 0 Å². The van der Waals surface area contributed by atoms with Gasteiger partial charge < -0.3 is 10.6 Å². The summed E-state index contributed by atoms with van der Waals surface area (Å²) in [5.41, 5.74) is 0.115. The number of rotatable bonds is 5. The molecule has 0 bridgehead atoms. The Kier molecular flexibility index (Phi) is 4.59. The van der Waals surface area contributed by atoms with Crippen molar-refractivity contribution in [2.24, 2.45) is 5.41 Å². The van der Waals surface area contributed by atoms with Crippen LogP contribution in [0.15, 0.2) is 0 Å². The zero-order valence-electron chi connectivity index (χ0n) is 10.3. The number of hydrogen-bond donors (Lipinski definition) is 2. The van der Waals surface area contributed by atoms with E-state index in [1.165, 1.54) is 0 Å². The molecule has 3 nitrogen and oxygen atoms in total. The molecule has 2 N–H and O–H groups in total. The highest BCUT2D eigenvalue weighted by molar-refractivity contribution is 5.76. The largest absolute Gasteiger partial charge is 0.359 e. The first kappa shape index (κ1) is 13.4. The van der Waals surface area contributed by atoms with Crippen molar-refractivity contribution in [1.82, 2.24) is 10.6 Å². The van der Waals surface area contributed by atoms with E-state index < -0.39 is 0 Å². The molecule has 0 saturated heterocycles. The molecule has 0 aromatic carbocycles. The molecule has 14 heavy (non-hydrogen) atoms. The summed E-state index contributed by atoms with van der Waals surface area (Å²) in [5, 5.41) is 5.92. The maximum Gasteiger partial charge on any atom is 0.220 e. The fraction of sp³-hybridized carbons (Fsp3) is 0.909. The maximum atomic E-state index is 11.3. The van der Waals surface area contributed by atoms with Gasteiger partial charge in [0.25, 0.3) is 0 Å². The molecular formula is C11H24N2O. The molecule has 0 aliphatic heterocycles. The molecular weight excluding hydrogens is 176 g/mol. The number of nitrogens with one attached hydrogen (secondary N) is 2. The Hall–Kier alpha value is -0.570. The molecule has 0 heterocycles. The van der Waals surface area contributed by atoms with E-state index in [2.05, 4.69) is 38.3 Å². The van der Waals surface area contributed by atoms with Gasteiger partial charge in [0.05, 0.1) is 0 Å². The van der Waals surface area contributed by atoms with Crippen molar-refractivity contribution < 1.29 is 4.79 Å². The molecule has 0 fully saturated rings. The van der Waals surface area contributed by atoms with Crippen molar-refractivity contribution in [1.29, 1.82) is 0 Å². The van der Waals surface area contributed by atoms with E-state index in [4.69, 9.17) is 0 Å². The minimum absolute atomic E-state index is 0.0343. The van der Waals surface area contributed by atoms with E-state index in [0.717, 1.165) is 6.42 Å². The first-order chi connectivity index (χ1) is 6.22. The van der Waals surface area contributed by atoms with Crippen molar-refractivity contribution in [3.63, 3.8) is 0 Å². The summed E-state index contributed by atoms with van der Waals surface area (Å²) >= 11 is 0. The summed E-state index contributed by atoms with van der Waals surface area (Å²) in [5.74, 6) is 0.113. The highest BCUT2D eigenvalue weighted by atomic mass is 16.1. The van der Waals surface area contributed by atoms with E-state index in [1.807, 2.05) is 7.05 Å². The predicted octanol–water partition coefficient (Wildman–Crippen LogP) is 1.54. The second kappa shape index (κ2) is 4.78. The van der Waals surface area contributed by atoms with Gasteiger partial charge in [-0.05, 0) is 32.7 Å². The van der Waals surface area contributed by atoms with Crippen molar-refractivity contribution in [2.75, 3.05) is 14.1 Å². The summed E-state index contributed by atoms with van der Waals surface area (Å²) in [7, 11) is 3.64. The van der Waals surface area contributed by atoms with E-state index in [9.17, 15) is 4.79 Å². The lowest BCUT2D eigenvalue weighted by Gasteiger charge is -2.34. The highest BCUT2D eigenvalue weighted by Gasteiger charge is 2.29. The third kappa shape index (κ3) is 5.22. The number of hydrogen-bond acceptors (Lipinski definition) is 2. The normalized spacial score (nSPS) is 12.7. The van der Waals surface area contributed by atoms with Crippen LogP contribution >= 0.6 is 0 Å². The topological polar surface area (TPSA) is 41.1 Å². The maximum absolute atomic E-state index is 11.3. The van der Waals surface area contributed by atoms with Gasteiger partial charge in [0.15, 0.2) is 0 Å². The van der Waals surface area contributed by atoms with Crippen LogP contribution in [0, 0.1) is 5.41 Å². The van der Waals surface area contributed by atoms with Crippen LogP contribution in [-0.2, 0) is 4.79 Å². The first-order valence-electron chi connectivity index (χ1n) is 5.12. The highest BCUT2D eigenvalue weighted by Crippen LogP contribution is 2.30. The van der Waals surface area contributed by atoms with Crippen LogP contribution in [0.1, 0.15) is 40.5 Å². The summed E-state index contributed by atoms with van der Waals surface area (Å²) in [6, 6.07) is 0. The first-order valence-corrected chi connectivity index (χ1v) is 5.12. The minimum atomic E-state index is 0.0343. The van der Waals surface area contributed by atoms with Gasteiger partial charge in [-0.3, -0.25) is 4.79 Å². The van der Waals surface area contributed by atoms with E-state index >= 15 is 0 Å². The fourth-order valence-corrected chi connectivity index (χ4v) is 1.87. The predicted molar refractivity (Wildman–Crippen MR) is 60.2 cm³/mol. The fourth-order valence-electron chi connectivity index (χ4n) is 1.87. The van der Waals surface area contributed by atoms with Crippen LogP contribution < -0.4 is 10.6 Å². The van der Waals surface area contributed by atoms with Crippen LogP contribution in [0.3, 0.4) is 0 Å². The van der Waals surface area contributed by atoms with E-state index in [1.54, 1.807) is 7.05 Å². The third-order valence-electron chi connectivity index (χ3n) is 2.52. The smallest absolute Gasteiger partial charge is 0.220 e. The average Bonchev–Trinajstić information content (AvgIpc) is 2.01. The summed E-state index contributed by atoms with van der Waals surface area (Å²) in [6.07, 6.45) is 1.55. The molecule has 84 valence electrons. The summed E-state index contributed by atoms with van der Waals surface area (Å²) in [4.78, 5) is 11.3. The Morgan fingerprint density at radius 3 is 2.00 bits per heavy atom. The van der Waals surface area contributed by atoms with Gasteiger partial charge in [-0.25, -0.2) is 0 Å². The molecule has 0 unspecified atom stereocenters. The zero-order valence-corrected chi connectivity index (χ0v) is 10.3. The average molecular weight is 200 g/mol. The molecule has 0 spiro atoms.